The summed E-state index contributed by atoms with van der Waals surface area (Å²) < 4.78 is 0. The van der Waals surface area contributed by atoms with Crippen molar-refractivity contribution < 1.29 is 0 Å². The van der Waals surface area contributed by atoms with E-state index in [9.17, 15) is 0 Å². The summed E-state index contributed by atoms with van der Waals surface area (Å²) in [6, 6.07) is 78.8. The Balaban J connectivity index is 1.20. The molecule has 0 saturated carbocycles. The highest BCUT2D eigenvalue weighted by Crippen LogP contribution is 2.60. The molecule has 2 aliphatic carbocycles. The Labute approximate surface area is 335 Å². The van der Waals surface area contributed by atoms with Crippen LogP contribution in [0.1, 0.15) is 47.2 Å². The van der Waals surface area contributed by atoms with Gasteiger partial charge in [0, 0.05) is 22.5 Å². The van der Waals surface area contributed by atoms with Gasteiger partial charge >= 0.3 is 0 Å². The van der Waals surface area contributed by atoms with Crippen LogP contribution in [0.4, 0.5) is 17.1 Å². The molecule has 0 heterocycles. The number of nitrogens with zero attached hydrogens (tertiary/aromatic N) is 1. The lowest BCUT2D eigenvalue weighted by atomic mass is 9.67. The summed E-state index contributed by atoms with van der Waals surface area (Å²) >= 11 is 0. The first-order valence-corrected chi connectivity index (χ1v) is 20.0. The average molecular weight is 728 g/mol. The topological polar surface area (TPSA) is 3.24 Å². The SMILES string of the molecule is CC1(C)c2ccccc2-c2ccc(N(c3ccccc3)c3ccc4c(c3)C(c3ccccc3)(c3ccccc3)c3cccc(-c5cccc6ccccc56)c3-4)cc21. The largest absolute Gasteiger partial charge is 0.310 e. The van der Waals surface area contributed by atoms with Gasteiger partial charge < -0.3 is 4.90 Å². The van der Waals surface area contributed by atoms with Crippen LogP contribution >= 0.6 is 0 Å². The van der Waals surface area contributed by atoms with Crippen LogP contribution in [0.2, 0.25) is 0 Å². The lowest BCUT2D eigenvalue weighted by molar-refractivity contribution is 0.660. The molecule has 0 bridgehead atoms. The smallest absolute Gasteiger partial charge is 0.0714 e. The minimum atomic E-state index is -0.562. The lowest BCUT2D eigenvalue weighted by Crippen LogP contribution is -2.28. The highest BCUT2D eigenvalue weighted by molar-refractivity contribution is 6.04. The van der Waals surface area contributed by atoms with Gasteiger partial charge in [0.2, 0.25) is 0 Å². The number of hydrogen-bond acceptors (Lipinski definition) is 1. The molecule has 0 aliphatic heterocycles. The van der Waals surface area contributed by atoms with Crippen LogP contribution in [0.3, 0.4) is 0 Å². The first kappa shape index (κ1) is 33.4. The fourth-order valence-electron chi connectivity index (χ4n) is 10.2. The molecule has 0 aromatic heterocycles. The zero-order valence-corrected chi connectivity index (χ0v) is 32.2. The van der Waals surface area contributed by atoms with Gasteiger partial charge in [-0.05, 0) is 114 Å². The Morgan fingerprint density at radius 3 is 1.58 bits per heavy atom. The number of hydrogen-bond donors (Lipinski definition) is 0. The fourth-order valence-corrected chi connectivity index (χ4v) is 10.2. The molecular weight excluding hydrogens is 687 g/mol. The van der Waals surface area contributed by atoms with E-state index in [-0.39, 0.29) is 5.41 Å². The standard InChI is InChI=1S/C56H41N/c1-55(2)50-30-15-14-27-46(50)47-34-32-42(36-52(47)55)57(41-24-10-5-11-25-41)43-33-35-49-53(37-43)56(39-20-6-3-7-21-39,40-22-8-4-9-23-40)51-31-17-29-48(54(49)51)45-28-16-19-38-18-12-13-26-44(38)45/h3-37H,1-2H3. The fraction of sp³-hybridized carbons (Fsp3) is 0.0714. The molecule has 0 spiro atoms. The first-order chi connectivity index (χ1) is 28.0. The predicted octanol–water partition coefficient (Wildman–Crippen LogP) is 14.6. The van der Waals surface area contributed by atoms with E-state index < -0.39 is 5.41 Å². The molecule has 1 nitrogen and oxygen atoms in total. The molecule has 0 unspecified atom stereocenters. The number of fused-ring (bicyclic) bond motifs is 7. The van der Waals surface area contributed by atoms with Gasteiger partial charge in [0.25, 0.3) is 0 Å². The van der Waals surface area contributed by atoms with Crippen molar-refractivity contribution in [3.05, 3.63) is 246 Å². The third-order valence-electron chi connectivity index (χ3n) is 12.7. The third-order valence-corrected chi connectivity index (χ3v) is 12.7. The molecular formula is C56H41N. The minimum absolute atomic E-state index is 0.113. The Kier molecular flexibility index (Phi) is 7.50. The molecule has 11 rings (SSSR count). The van der Waals surface area contributed by atoms with Gasteiger partial charge in [0.15, 0.2) is 0 Å². The van der Waals surface area contributed by atoms with E-state index in [4.69, 9.17) is 0 Å². The molecule has 0 radical (unpaired) electrons. The summed E-state index contributed by atoms with van der Waals surface area (Å²) in [7, 11) is 0. The van der Waals surface area contributed by atoms with Crippen LogP contribution < -0.4 is 4.90 Å². The normalized spacial score (nSPS) is 14.1. The summed E-state index contributed by atoms with van der Waals surface area (Å²) in [5.41, 5.74) is 18.3. The lowest BCUT2D eigenvalue weighted by Gasteiger charge is -2.35. The summed E-state index contributed by atoms with van der Waals surface area (Å²) in [6.07, 6.45) is 0. The molecule has 9 aromatic carbocycles. The van der Waals surface area contributed by atoms with Crippen LogP contribution in [-0.2, 0) is 10.8 Å². The van der Waals surface area contributed by atoms with Gasteiger partial charge in [-0.2, -0.15) is 0 Å². The number of rotatable bonds is 6. The molecule has 2 aliphatic rings. The van der Waals surface area contributed by atoms with E-state index in [1.54, 1.807) is 0 Å². The second kappa shape index (κ2) is 12.8. The second-order valence-corrected chi connectivity index (χ2v) is 16.0. The molecule has 9 aromatic rings. The Bertz CT molecular complexity index is 2930. The molecule has 0 saturated heterocycles. The highest BCUT2D eigenvalue weighted by atomic mass is 15.1. The van der Waals surface area contributed by atoms with Gasteiger partial charge in [0.05, 0.1) is 5.41 Å². The Morgan fingerprint density at radius 2 is 0.842 bits per heavy atom. The Morgan fingerprint density at radius 1 is 0.333 bits per heavy atom. The average Bonchev–Trinajstić information content (AvgIpc) is 3.70. The number of benzene rings is 9. The number of anilines is 3. The van der Waals surface area contributed by atoms with Crippen molar-refractivity contribution in [3.8, 4) is 33.4 Å². The van der Waals surface area contributed by atoms with E-state index in [1.807, 2.05) is 0 Å². The van der Waals surface area contributed by atoms with E-state index in [2.05, 4.69) is 231 Å². The molecule has 0 fully saturated rings. The summed E-state index contributed by atoms with van der Waals surface area (Å²) in [5.74, 6) is 0. The van der Waals surface area contributed by atoms with Gasteiger partial charge in [-0.15, -0.1) is 0 Å². The second-order valence-electron chi connectivity index (χ2n) is 16.0. The van der Waals surface area contributed by atoms with Crippen molar-refractivity contribution in [1.82, 2.24) is 0 Å². The van der Waals surface area contributed by atoms with Gasteiger partial charge in [0.1, 0.15) is 0 Å². The zero-order chi connectivity index (χ0) is 38.1. The molecule has 270 valence electrons. The van der Waals surface area contributed by atoms with E-state index in [0.717, 1.165) is 17.1 Å². The quantitative estimate of drug-likeness (QED) is 0.165. The monoisotopic (exact) mass is 727 g/mol. The molecule has 0 amide bonds. The number of para-hydroxylation sites is 1. The van der Waals surface area contributed by atoms with Gasteiger partial charge in [-0.3, -0.25) is 0 Å². The van der Waals surface area contributed by atoms with Crippen molar-refractivity contribution in [2.45, 2.75) is 24.7 Å². The minimum Gasteiger partial charge on any atom is -0.310 e. The maximum absolute atomic E-state index is 2.49. The van der Waals surface area contributed by atoms with Gasteiger partial charge in [-0.25, -0.2) is 0 Å². The third kappa shape index (κ3) is 4.89. The van der Waals surface area contributed by atoms with Crippen molar-refractivity contribution in [1.29, 1.82) is 0 Å². The zero-order valence-electron chi connectivity index (χ0n) is 32.2. The van der Waals surface area contributed by atoms with Crippen LogP contribution in [-0.4, -0.2) is 0 Å². The summed E-state index contributed by atoms with van der Waals surface area (Å²) in [6.45, 7) is 4.73. The Hall–Kier alpha value is -6.96. The van der Waals surface area contributed by atoms with Crippen LogP contribution in [0, 0.1) is 0 Å². The van der Waals surface area contributed by atoms with Gasteiger partial charge in [-0.1, -0.05) is 190 Å². The molecule has 0 atom stereocenters. The maximum Gasteiger partial charge on any atom is 0.0714 e. The van der Waals surface area contributed by atoms with Crippen molar-refractivity contribution >= 4 is 27.8 Å². The van der Waals surface area contributed by atoms with E-state index in [1.165, 1.54) is 77.5 Å². The first-order valence-electron chi connectivity index (χ1n) is 20.0. The van der Waals surface area contributed by atoms with Crippen molar-refractivity contribution in [3.63, 3.8) is 0 Å². The van der Waals surface area contributed by atoms with Crippen LogP contribution in [0.15, 0.2) is 212 Å². The van der Waals surface area contributed by atoms with Crippen LogP contribution in [0.5, 0.6) is 0 Å². The van der Waals surface area contributed by atoms with Crippen molar-refractivity contribution in [2.75, 3.05) is 4.90 Å². The maximum atomic E-state index is 2.49. The van der Waals surface area contributed by atoms with E-state index in [0.29, 0.717) is 0 Å². The van der Waals surface area contributed by atoms with Crippen molar-refractivity contribution in [2.24, 2.45) is 0 Å². The summed E-state index contributed by atoms with van der Waals surface area (Å²) in [5, 5.41) is 2.51. The highest BCUT2D eigenvalue weighted by Gasteiger charge is 2.47. The van der Waals surface area contributed by atoms with E-state index >= 15 is 0 Å². The molecule has 57 heavy (non-hydrogen) atoms. The summed E-state index contributed by atoms with van der Waals surface area (Å²) in [4.78, 5) is 2.45. The molecule has 1 heteroatoms. The predicted molar refractivity (Wildman–Crippen MR) is 239 cm³/mol. The van der Waals surface area contributed by atoms with Crippen LogP contribution in [0.25, 0.3) is 44.2 Å². The molecule has 0 N–H and O–H groups in total.